The largest absolute Gasteiger partial charge is 0.0808 e. The normalized spacial score (nSPS) is 18.2. The molecule has 0 aliphatic heterocycles. The quantitative estimate of drug-likeness (QED) is 0.421. The van der Waals surface area contributed by atoms with Crippen molar-refractivity contribution in [2.75, 3.05) is 0 Å². The second kappa shape index (κ2) is 17.2. The third kappa shape index (κ3) is 15.0. The van der Waals surface area contributed by atoms with Crippen molar-refractivity contribution in [3.8, 4) is 0 Å². The summed E-state index contributed by atoms with van der Waals surface area (Å²) < 4.78 is 0. The van der Waals surface area contributed by atoms with Gasteiger partial charge in [0.15, 0.2) is 0 Å². The second-order valence-electron chi connectivity index (χ2n) is 6.00. The molecule has 0 amide bonds. The number of hydrogen-bond acceptors (Lipinski definition) is 0. The van der Waals surface area contributed by atoms with Crippen LogP contribution in [-0.2, 0) is 0 Å². The van der Waals surface area contributed by atoms with Gasteiger partial charge in [-0.25, -0.2) is 0 Å². The monoisotopic (exact) mass is 344 g/mol. The molecular weight excluding hydrogens is 312 g/mol. The first kappa shape index (κ1) is 21.4. The van der Waals surface area contributed by atoms with Crippen LogP contribution in [0.4, 0.5) is 0 Å². The van der Waals surface area contributed by atoms with Crippen LogP contribution >= 0.6 is 0 Å². The predicted octanol–water partition coefficient (Wildman–Crippen LogP) is 7.76. The molecule has 26 heavy (non-hydrogen) atoms. The van der Waals surface area contributed by atoms with Crippen LogP contribution < -0.4 is 0 Å². The zero-order valence-corrected chi connectivity index (χ0v) is 16.0. The Morgan fingerprint density at radius 1 is 0.385 bits per heavy atom. The Bertz CT molecular complexity index is 485. The lowest BCUT2D eigenvalue weighted by atomic mass is 10.2. The zero-order chi connectivity index (χ0) is 18.5. The molecule has 0 radical (unpaired) electrons. The molecule has 0 nitrogen and oxygen atoms in total. The first-order valence-electron chi connectivity index (χ1n) is 9.51. The van der Waals surface area contributed by atoms with Crippen molar-refractivity contribution < 1.29 is 0 Å². The van der Waals surface area contributed by atoms with Crippen molar-refractivity contribution in [1.82, 2.24) is 0 Å². The summed E-state index contributed by atoms with van der Waals surface area (Å²) in [5, 5.41) is 0. The molecule has 0 aromatic heterocycles. The first-order valence-corrected chi connectivity index (χ1v) is 9.51. The van der Waals surface area contributed by atoms with Gasteiger partial charge in [-0.05, 0) is 31.6 Å². The molecule has 0 heterocycles. The van der Waals surface area contributed by atoms with E-state index in [-0.39, 0.29) is 0 Å². The molecule has 0 aromatic rings. The van der Waals surface area contributed by atoms with E-state index >= 15 is 0 Å². The number of hydrogen-bond donors (Lipinski definition) is 0. The third-order valence-electron chi connectivity index (χ3n) is 3.56. The van der Waals surface area contributed by atoms with E-state index in [9.17, 15) is 0 Å². The minimum atomic E-state index is 0.685. The molecule has 5 rings (SSSR count). The van der Waals surface area contributed by atoms with Gasteiger partial charge in [0.2, 0.25) is 0 Å². The molecule has 0 spiro atoms. The van der Waals surface area contributed by atoms with E-state index in [0.29, 0.717) is 5.92 Å². The Kier molecular flexibility index (Phi) is 14.2. The van der Waals surface area contributed by atoms with Gasteiger partial charge in [0.1, 0.15) is 0 Å². The average Bonchev–Trinajstić information content (AvgIpc) is 3.54. The highest BCUT2D eigenvalue weighted by molar-refractivity contribution is 5.16. The minimum Gasteiger partial charge on any atom is -0.0808 e. The van der Waals surface area contributed by atoms with Crippen molar-refractivity contribution in [1.29, 1.82) is 0 Å². The highest BCUT2D eigenvalue weighted by atomic mass is 14.0. The maximum absolute atomic E-state index is 2.17. The minimum absolute atomic E-state index is 0.685. The average molecular weight is 345 g/mol. The summed E-state index contributed by atoms with van der Waals surface area (Å²) in [6.07, 6.45) is 46.5. The van der Waals surface area contributed by atoms with Crippen LogP contribution in [-0.4, -0.2) is 0 Å². The fourth-order valence-corrected chi connectivity index (χ4v) is 2.11. The predicted molar refractivity (Wildman–Crippen MR) is 119 cm³/mol. The number of rotatable bonds is 0. The van der Waals surface area contributed by atoms with Gasteiger partial charge < -0.3 is 0 Å². The molecule has 136 valence electrons. The van der Waals surface area contributed by atoms with Gasteiger partial charge in [0, 0.05) is 0 Å². The van der Waals surface area contributed by atoms with Crippen molar-refractivity contribution in [2.24, 2.45) is 5.92 Å². The zero-order valence-electron chi connectivity index (χ0n) is 16.0. The van der Waals surface area contributed by atoms with E-state index in [1.54, 1.807) is 0 Å². The first-order chi connectivity index (χ1) is 12.9. The van der Waals surface area contributed by atoms with Crippen molar-refractivity contribution in [2.45, 2.75) is 32.6 Å². The molecule has 0 saturated carbocycles. The fourth-order valence-electron chi connectivity index (χ4n) is 2.11. The maximum atomic E-state index is 2.17. The summed E-state index contributed by atoms with van der Waals surface area (Å²) in [4.78, 5) is 0. The summed E-state index contributed by atoms with van der Waals surface area (Å²) in [6, 6.07) is 0. The molecule has 0 atom stereocenters. The molecule has 0 fully saturated rings. The molecule has 5 aliphatic rings. The van der Waals surface area contributed by atoms with Gasteiger partial charge in [-0.2, -0.15) is 0 Å². The summed E-state index contributed by atoms with van der Waals surface area (Å²) >= 11 is 0. The Balaban J connectivity index is 0.000000163. The topological polar surface area (TPSA) is 0 Å². The van der Waals surface area contributed by atoms with E-state index in [1.807, 2.05) is 0 Å². The molecule has 5 aliphatic carbocycles. The smallest absolute Gasteiger partial charge is 0.00756 e. The summed E-state index contributed by atoms with van der Waals surface area (Å²) in [5.41, 5.74) is 0. The molecule has 0 bridgehead atoms. The molecular formula is C26H32. The Morgan fingerprint density at radius 3 is 0.692 bits per heavy atom. The number of allylic oxidation sites excluding steroid dienone is 20. The van der Waals surface area contributed by atoms with E-state index in [0.717, 1.165) is 25.7 Å². The van der Waals surface area contributed by atoms with Gasteiger partial charge in [-0.1, -0.05) is 128 Å². The highest BCUT2D eigenvalue weighted by Gasteiger charge is 1.89. The SMILES string of the molecule is C1=CCC=C1.C1=CCC=C1.C1=CCC=C1.C1=CCC=C1.CC1C=CC=C1. The van der Waals surface area contributed by atoms with Crippen LogP contribution in [0, 0.1) is 5.92 Å². The third-order valence-corrected chi connectivity index (χ3v) is 3.56. The Labute approximate surface area is 160 Å². The lowest BCUT2D eigenvalue weighted by molar-refractivity contribution is 0.958. The molecule has 0 heteroatoms. The van der Waals surface area contributed by atoms with Gasteiger partial charge in [-0.15, -0.1) is 0 Å². The van der Waals surface area contributed by atoms with E-state index in [4.69, 9.17) is 0 Å². The van der Waals surface area contributed by atoms with Crippen molar-refractivity contribution in [3.63, 3.8) is 0 Å². The van der Waals surface area contributed by atoms with Crippen molar-refractivity contribution >= 4 is 0 Å². The summed E-state index contributed by atoms with van der Waals surface area (Å²) in [7, 11) is 0. The molecule has 0 unspecified atom stereocenters. The summed E-state index contributed by atoms with van der Waals surface area (Å²) in [6.45, 7) is 2.17. The van der Waals surface area contributed by atoms with Gasteiger partial charge in [-0.3, -0.25) is 0 Å². The van der Waals surface area contributed by atoms with E-state index in [2.05, 4.69) is 128 Å². The van der Waals surface area contributed by atoms with Crippen LogP contribution in [0.25, 0.3) is 0 Å². The van der Waals surface area contributed by atoms with Crippen LogP contribution in [0.2, 0.25) is 0 Å². The maximum Gasteiger partial charge on any atom is -0.00756 e. The van der Waals surface area contributed by atoms with Crippen molar-refractivity contribution in [3.05, 3.63) is 122 Å². The highest BCUT2D eigenvalue weighted by Crippen LogP contribution is 2.04. The second-order valence-corrected chi connectivity index (χ2v) is 6.00. The van der Waals surface area contributed by atoms with Crippen LogP contribution in [0.3, 0.4) is 0 Å². The van der Waals surface area contributed by atoms with E-state index < -0.39 is 0 Å². The van der Waals surface area contributed by atoms with Crippen LogP contribution in [0.1, 0.15) is 32.6 Å². The molecule has 0 aromatic carbocycles. The fraction of sp³-hybridized carbons (Fsp3) is 0.231. The molecule has 0 N–H and O–H groups in total. The summed E-state index contributed by atoms with van der Waals surface area (Å²) in [5.74, 6) is 0.685. The van der Waals surface area contributed by atoms with E-state index in [1.165, 1.54) is 0 Å². The van der Waals surface area contributed by atoms with Gasteiger partial charge in [0.25, 0.3) is 0 Å². The lowest BCUT2D eigenvalue weighted by Gasteiger charge is -1.84. The lowest BCUT2D eigenvalue weighted by Crippen LogP contribution is -1.72. The van der Waals surface area contributed by atoms with Gasteiger partial charge in [0.05, 0.1) is 0 Å². The molecule has 0 saturated heterocycles. The van der Waals surface area contributed by atoms with Crippen LogP contribution in [0.15, 0.2) is 122 Å². The Hall–Kier alpha value is -2.60. The Morgan fingerprint density at radius 2 is 0.615 bits per heavy atom. The van der Waals surface area contributed by atoms with Gasteiger partial charge >= 0.3 is 0 Å². The standard InChI is InChI=1S/C6H8.4C5H6/c1-6-4-2-3-5-6;4*1-2-4-5-3-1/h2-6H,1H3;4*1-4H,5H2. The van der Waals surface area contributed by atoms with Crippen LogP contribution in [0.5, 0.6) is 0 Å².